The second-order valence-electron chi connectivity index (χ2n) is 10.8. The molecule has 3 aromatic heterocycles. The van der Waals surface area contributed by atoms with Gasteiger partial charge in [0.2, 0.25) is 5.88 Å². The standard InChI is InChI=1S/C29H39BrN8O4/c1-4-36(28(31)40)17-23-18(2)37(34-26(23)19-5-7-20(30)8-6-19)16-22(39)15-35-13-11-21(12-14-35)38-27-24(32-29(38)41)9-10-25(33-27)42-3/h5-10,21-22,28,39-40H,4,11-17,31H2,1-3H3,(H,32,41). The number of piperidine rings is 1. The summed E-state index contributed by atoms with van der Waals surface area (Å²) in [6.07, 6.45) is -0.187. The van der Waals surface area contributed by atoms with Gasteiger partial charge in [-0.1, -0.05) is 35.0 Å². The molecule has 4 heterocycles. The molecule has 5 rings (SSSR count). The van der Waals surface area contributed by atoms with Crippen molar-refractivity contribution in [2.75, 3.05) is 33.3 Å². The number of aromatic nitrogens is 5. The normalized spacial score (nSPS) is 16.4. The number of aliphatic hydroxyl groups excluding tert-OH is 2. The predicted molar refractivity (Wildman–Crippen MR) is 164 cm³/mol. The lowest BCUT2D eigenvalue weighted by atomic mass is 10.0. The fourth-order valence-corrected chi connectivity index (χ4v) is 6.00. The average Bonchev–Trinajstić information content (AvgIpc) is 3.46. The maximum absolute atomic E-state index is 12.7. The lowest BCUT2D eigenvalue weighted by Gasteiger charge is -2.33. The Labute approximate surface area is 252 Å². The van der Waals surface area contributed by atoms with Gasteiger partial charge < -0.3 is 24.8 Å². The van der Waals surface area contributed by atoms with Crippen molar-refractivity contribution >= 4 is 27.1 Å². The van der Waals surface area contributed by atoms with Crippen molar-refractivity contribution in [1.29, 1.82) is 0 Å². The highest BCUT2D eigenvalue weighted by atomic mass is 79.9. The number of H-pyrrole nitrogens is 1. The quantitative estimate of drug-likeness (QED) is 0.181. The number of halogens is 1. The monoisotopic (exact) mass is 642 g/mol. The summed E-state index contributed by atoms with van der Waals surface area (Å²) in [7, 11) is 1.56. The number of β-amino-alcohol motifs (C(OH)–C–C–N with tert-alkyl or cyclic N) is 1. The summed E-state index contributed by atoms with van der Waals surface area (Å²) in [5.41, 5.74) is 10.6. The number of nitrogens with one attached hydrogen (secondary N) is 1. The number of pyridine rings is 1. The van der Waals surface area contributed by atoms with Gasteiger partial charge in [0, 0.05) is 59.6 Å². The van der Waals surface area contributed by atoms with Gasteiger partial charge in [0.05, 0.1) is 31.0 Å². The molecule has 2 unspecified atom stereocenters. The molecule has 13 heteroatoms. The van der Waals surface area contributed by atoms with E-state index in [0.29, 0.717) is 43.2 Å². The second-order valence-corrected chi connectivity index (χ2v) is 11.7. The molecule has 1 fully saturated rings. The first-order valence-corrected chi connectivity index (χ1v) is 15.0. The van der Waals surface area contributed by atoms with Crippen LogP contribution in [0.25, 0.3) is 22.4 Å². The Hall–Kier alpha value is -3.07. The van der Waals surface area contributed by atoms with E-state index >= 15 is 0 Å². The topological polar surface area (TPSA) is 151 Å². The predicted octanol–water partition coefficient (Wildman–Crippen LogP) is 2.42. The number of hydrogen-bond donors (Lipinski definition) is 4. The van der Waals surface area contributed by atoms with Crippen LogP contribution in [0.2, 0.25) is 0 Å². The van der Waals surface area contributed by atoms with Crippen LogP contribution < -0.4 is 16.2 Å². The number of fused-ring (bicyclic) bond motifs is 1. The summed E-state index contributed by atoms with van der Waals surface area (Å²) in [6.45, 7) is 7.27. The van der Waals surface area contributed by atoms with Crippen molar-refractivity contribution in [3.8, 4) is 17.1 Å². The molecule has 12 nitrogen and oxygen atoms in total. The van der Waals surface area contributed by atoms with Crippen LogP contribution in [-0.4, -0.2) is 90.1 Å². The van der Waals surface area contributed by atoms with Crippen LogP contribution in [0.4, 0.5) is 0 Å². The van der Waals surface area contributed by atoms with Gasteiger partial charge in [-0.3, -0.25) is 19.9 Å². The van der Waals surface area contributed by atoms with Crippen LogP contribution in [-0.2, 0) is 13.1 Å². The van der Waals surface area contributed by atoms with Crippen LogP contribution in [0.3, 0.4) is 0 Å². The van der Waals surface area contributed by atoms with Crippen LogP contribution in [0.15, 0.2) is 45.7 Å². The molecule has 1 aliphatic heterocycles. The van der Waals surface area contributed by atoms with E-state index in [0.717, 1.165) is 52.9 Å². The maximum Gasteiger partial charge on any atom is 0.327 e. The van der Waals surface area contributed by atoms with Crippen LogP contribution >= 0.6 is 15.9 Å². The number of likely N-dealkylation sites (tertiary alicyclic amines) is 1. The second kappa shape index (κ2) is 13.1. The minimum atomic E-state index is -1.08. The Morgan fingerprint density at radius 2 is 1.88 bits per heavy atom. The summed E-state index contributed by atoms with van der Waals surface area (Å²) in [6, 6.07) is 11.5. The largest absolute Gasteiger partial charge is 0.481 e. The van der Waals surface area contributed by atoms with Crippen molar-refractivity contribution in [3.05, 3.63) is 62.6 Å². The number of nitrogens with two attached hydrogens (primary N) is 1. The molecule has 1 saturated heterocycles. The number of aliphatic hydroxyl groups is 2. The summed E-state index contributed by atoms with van der Waals surface area (Å²) < 4.78 is 9.82. The van der Waals surface area contributed by atoms with E-state index in [1.807, 2.05) is 48.9 Å². The SMILES string of the molecule is CCN(Cc1c(-c2ccc(Br)cc2)nn(CC(O)CN2CCC(n3c(=O)[nH]c4ccc(OC)nc43)CC2)c1C)C(N)O. The van der Waals surface area contributed by atoms with E-state index in [1.54, 1.807) is 22.6 Å². The van der Waals surface area contributed by atoms with Gasteiger partial charge in [-0.15, -0.1) is 0 Å². The van der Waals surface area contributed by atoms with Crippen LogP contribution in [0.5, 0.6) is 5.88 Å². The Bertz CT molecular complexity index is 1560. The highest BCUT2D eigenvalue weighted by Crippen LogP contribution is 2.29. The maximum atomic E-state index is 12.7. The van der Waals surface area contributed by atoms with Crippen molar-refractivity contribution in [2.45, 2.75) is 58.3 Å². The number of nitrogens with zero attached hydrogens (tertiary/aromatic N) is 6. The Balaban J connectivity index is 1.27. The summed E-state index contributed by atoms with van der Waals surface area (Å²) in [5, 5.41) is 26.1. The molecule has 2 atom stereocenters. The van der Waals surface area contributed by atoms with Gasteiger partial charge in [-0.2, -0.15) is 10.1 Å². The first kappa shape index (κ1) is 30.4. The molecule has 226 valence electrons. The number of methoxy groups -OCH3 is 1. The highest BCUT2D eigenvalue weighted by molar-refractivity contribution is 9.10. The molecule has 1 aromatic carbocycles. The highest BCUT2D eigenvalue weighted by Gasteiger charge is 2.27. The number of hydrogen-bond acceptors (Lipinski definition) is 9. The number of benzene rings is 1. The van der Waals surface area contributed by atoms with Gasteiger partial charge in [-0.25, -0.2) is 4.79 Å². The zero-order valence-electron chi connectivity index (χ0n) is 24.2. The molecule has 1 aliphatic rings. The van der Waals surface area contributed by atoms with Crippen molar-refractivity contribution < 1.29 is 14.9 Å². The number of aromatic amines is 1. The zero-order valence-corrected chi connectivity index (χ0v) is 25.8. The molecular weight excluding hydrogens is 604 g/mol. The van der Waals surface area contributed by atoms with E-state index in [2.05, 4.69) is 30.8 Å². The fraction of sp³-hybridized carbons (Fsp3) is 0.483. The minimum Gasteiger partial charge on any atom is -0.481 e. The van der Waals surface area contributed by atoms with Crippen molar-refractivity contribution in [3.63, 3.8) is 0 Å². The first-order valence-electron chi connectivity index (χ1n) is 14.2. The zero-order chi connectivity index (χ0) is 30.0. The van der Waals surface area contributed by atoms with E-state index in [1.165, 1.54) is 0 Å². The van der Waals surface area contributed by atoms with Gasteiger partial charge in [0.15, 0.2) is 12.0 Å². The molecule has 0 amide bonds. The van der Waals surface area contributed by atoms with Gasteiger partial charge in [0.1, 0.15) is 0 Å². The molecule has 4 aromatic rings. The first-order chi connectivity index (χ1) is 20.2. The van der Waals surface area contributed by atoms with Crippen molar-refractivity contribution in [2.24, 2.45) is 5.73 Å². The third-order valence-corrected chi connectivity index (χ3v) is 8.64. The molecule has 0 bridgehead atoms. The third kappa shape index (κ3) is 6.46. The minimum absolute atomic E-state index is 0.0167. The van der Waals surface area contributed by atoms with Gasteiger partial charge in [-0.05, 0) is 44.5 Å². The fourth-order valence-electron chi connectivity index (χ4n) is 5.74. The van der Waals surface area contributed by atoms with Crippen LogP contribution in [0, 0.1) is 6.92 Å². The summed E-state index contributed by atoms with van der Waals surface area (Å²) in [5.74, 6) is 0.470. The third-order valence-electron chi connectivity index (χ3n) is 8.11. The molecule has 42 heavy (non-hydrogen) atoms. The Morgan fingerprint density at radius 3 is 2.52 bits per heavy atom. The van der Waals surface area contributed by atoms with Gasteiger partial charge >= 0.3 is 5.69 Å². The number of rotatable bonds is 11. The number of imidazole rings is 1. The number of ether oxygens (including phenoxy) is 1. The molecule has 0 saturated carbocycles. The van der Waals surface area contributed by atoms with E-state index < -0.39 is 12.5 Å². The van der Waals surface area contributed by atoms with Crippen molar-refractivity contribution in [1.82, 2.24) is 34.1 Å². The Kier molecular flexibility index (Phi) is 9.45. The lowest BCUT2D eigenvalue weighted by molar-refractivity contribution is 0.00670. The average molecular weight is 644 g/mol. The molecule has 0 aliphatic carbocycles. The van der Waals surface area contributed by atoms with Gasteiger partial charge in [0.25, 0.3) is 0 Å². The van der Waals surface area contributed by atoms with E-state index in [9.17, 15) is 15.0 Å². The smallest absolute Gasteiger partial charge is 0.327 e. The summed E-state index contributed by atoms with van der Waals surface area (Å²) in [4.78, 5) is 24.1. The molecule has 0 radical (unpaired) electrons. The molecule has 5 N–H and O–H groups in total. The molecular formula is C29H39BrN8O4. The Morgan fingerprint density at radius 1 is 1.17 bits per heavy atom. The van der Waals surface area contributed by atoms with E-state index in [4.69, 9.17) is 15.6 Å². The van der Waals surface area contributed by atoms with E-state index in [-0.39, 0.29) is 11.7 Å². The lowest BCUT2D eigenvalue weighted by Crippen LogP contribution is -2.42. The van der Waals surface area contributed by atoms with Crippen LogP contribution in [0.1, 0.15) is 37.1 Å². The summed E-state index contributed by atoms with van der Waals surface area (Å²) >= 11 is 3.49. The molecule has 0 spiro atoms.